The van der Waals surface area contributed by atoms with Gasteiger partial charge in [0.1, 0.15) is 5.76 Å². The molecule has 0 aliphatic rings. The largest absolute Gasteiger partial charge is 0.467 e. The molecule has 0 fully saturated rings. The van der Waals surface area contributed by atoms with Gasteiger partial charge in [0.05, 0.1) is 19.2 Å². The molecule has 3 rings (SSSR count). The van der Waals surface area contributed by atoms with E-state index in [4.69, 9.17) is 27.6 Å². The average molecular weight is 431 g/mol. The van der Waals surface area contributed by atoms with Crippen molar-refractivity contribution >= 4 is 35.0 Å². The lowest BCUT2D eigenvalue weighted by molar-refractivity contribution is -0.132. The Hall–Kier alpha value is -2.76. The molecule has 2 aromatic carbocycles. The quantitative estimate of drug-likeness (QED) is 0.589. The van der Waals surface area contributed by atoms with Gasteiger partial charge < -0.3 is 14.6 Å². The Kier molecular flexibility index (Phi) is 6.96. The number of halogens is 2. The number of furan rings is 1. The minimum Gasteiger partial charge on any atom is -0.467 e. The van der Waals surface area contributed by atoms with E-state index in [2.05, 4.69) is 5.32 Å². The number of rotatable bonds is 7. The Balaban J connectivity index is 1.80. The number of carbonyl (C=O) groups excluding carboxylic acids is 2. The molecule has 0 unspecified atom stereocenters. The normalized spacial score (nSPS) is 10.6. The fourth-order valence-electron chi connectivity index (χ4n) is 2.91. The van der Waals surface area contributed by atoms with Gasteiger partial charge in [0.2, 0.25) is 5.91 Å². The summed E-state index contributed by atoms with van der Waals surface area (Å²) in [7, 11) is 1.58. The van der Waals surface area contributed by atoms with E-state index < -0.39 is 0 Å². The van der Waals surface area contributed by atoms with Gasteiger partial charge in [-0.3, -0.25) is 9.59 Å². The zero-order valence-corrected chi connectivity index (χ0v) is 17.3. The molecule has 0 atom stereocenters. The highest BCUT2D eigenvalue weighted by molar-refractivity contribution is 6.36. The SMILES string of the molecule is CNC(=O)c1ccc(CN(Cc2ccco2)C(=O)Cc2c(Cl)cccc2Cl)cc1. The van der Waals surface area contributed by atoms with Crippen molar-refractivity contribution in [1.82, 2.24) is 10.2 Å². The summed E-state index contributed by atoms with van der Waals surface area (Å²) in [6.07, 6.45) is 1.65. The number of carbonyl (C=O) groups is 2. The van der Waals surface area contributed by atoms with Crippen LogP contribution in [0.3, 0.4) is 0 Å². The number of hydrogen-bond acceptors (Lipinski definition) is 3. The highest BCUT2D eigenvalue weighted by Gasteiger charge is 2.19. The minimum absolute atomic E-state index is 0.0789. The monoisotopic (exact) mass is 430 g/mol. The molecule has 29 heavy (non-hydrogen) atoms. The lowest BCUT2D eigenvalue weighted by Gasteiger charge is -2.22. The van der Waals surface area contributed by atoms with Crippen LogP contribution in [0.5, 0.6) is 0 Å². The highest BCUT2D eigenvalue weighted by Crippen LogP contribution is 2.26. The first kappa shape index (κ1) is 21.0. The molecule has 0 aliphatic heterocycles. The second-order valence-corrected chi connectivity index (χ2v) is 7.30. The first-order chi connectivity index (χ1) is 14.0. The van der Waals surface area contributed by atoms with Crippen LogP contribution in [0.25, 0.3) is 0 Å². The van der Waals surface area contributed by atoms with Gasteiger partial charge in [-0.05, 0) is 47.5 Å². The standard InChI is InChI=1S/C22H20Cl2N2O3/c1-25-22(28)16-9-7-15(8-10-16)13-26(14-17-4-3-11-29-17)21(27)12-18-19(23)5-2-6-20(18)24/h2-11H,12-14H2,1H3,(H,25,28). The van der Waals surface area contributed by atoms with Gasteiger partial charge in [-0.1, -0.05) is 41.4 Å². The van der Waals surface area contributed by atoms with Crippen molar-refractivity contribution in [2.24, 2.45) is 0 Å². The molecule has 0 saturated heterocycles. The van der Waals surface area contributed by atoms with Crippen LogP contribution in [0, 0.1) is 0 Å². The van der Waals surface area contributed by atoms with Crippen molar-refractivity contribution in [1.29, 1.82) is 0 Å². The van der Waals surface area contributed by atoms with Gasteiger partial charge in [0.25, 0.3) is 5.91 Å². The molecule has 0 saturated carbocycles. The number of nitrogens with one attached hydrogen (secondary N) is 1. The van der Waals surface area contributed by atoms with Gasteiger partial charge in [-0.15, -0.1) is 0 Å². The van der Waals surface area contributed by atoms with Crippen LogP contribution in [0.1, 0.15) is 27.2 Å². The molecule has 5 nitrogen and oxygen atoms in total. The van der Waals surface area contributed by atoms with Crippen molar-refractivity contribution < 1.29 is 14.0 Å². The van der Waals surface area contributed by atoms with Gasteiger partial charge in [-0.25, -0.2) is 0 Å². The van der Waals surface area contributed by atoms with Crippen molar-refractivity contribution in [2.75, 3.05) is 7.05 Å². The Morgan fingerprint density at radius 1 is 0.966 bits per heavy atom. The molecule has 1 aromatic heterocycles. The van der Waals surface area contributed by atoms with Gasteiger partial charge in [0, 0.05) is 29.2 Å². The molecule has 2 amide bonds. The van der Waals surface area contributed by atoms with Gasteiger partial charge >= 0.3 is 0 Å². The van der Waals surface area contributed by atoms with Crippen molar-refractivity contribution in [3.63, 3.8) is 0 Å². The summed E-state index contributed by atoms with van der Waals surface area (Å²) in [5, 5.41) is 3.50. The van der Waals surface area contributed by atoms with Crippen molar-refractivity contribution in [3.05, 3.63) is 93.4 Å². The van der Waals surface area contributed by atoms with Crippen LogP contribution in [0.15, 0.2) is 65.3 Å². The minimum atomic E-state index is -0.159. The van der Waals surface area contributed by atoms with E-state index in [0.29, 0.717) is 40.0 Å². The van der Waals surface area contributed by atoms with E-state index in [9.17, 15) is 9.59 Å². The van der Waals surface area contributed by atoms with Crippen LogP contribution >= 0.6 is 23.2 Å². The summed E-state index contributed by atoms with van der Waals surface area (Å²) < 4.78 is 5.42. The van der Waals surface area contributed by atoms with Crippen LogP contribution < -0.4 is 5.32 Å². The van der Waals surface area contributed by atoms with E-state index in [-0.39, 0.29) is 18.2 Å². The maximum Gasteiger partial charge on any atom is 0.251 e. The van der Waals surface area contributed by atoms with Crippen molar-refractivity contribution in [3.8, 4) is 0 Å². The zero-order chi connectivity index (χ0) is 20.8. The third-order valence-corrected chi connectivity index (χ3v) is 5.19. The maximum atomic E-state index is 13.1. The number of amides is 2. The smallest absolute Gasteiger partial charge is 0.251 e. The van der Waals surface area contributed by atoms with Gasteiger partial charge in [-0.2, -0.15) is 0 Å². The molecule has 1 N–H and O–H groups in total. The summed E-state index contributed by atoms with van der Waals surface area (Å²) >= 11 is 12.5. The predicted octanol–water partition coefficient (Wildman–Crippen LogP) is 4.72. The van der Waals surface area contributed by atoms with E-state index in [0.717, 1.165) is 5.56 Å². The molecule has 3 aromatic rings. The third kappa shape index (κ3) is 5.40. The van der Waals surface area contributed by atoms with E-state index in [1.807, 2.05) is 18.2 Å². The summed E-state index contributed by atoms with van der Waals surface area (Å²) in [6.45, 7) is 0.667. The molecule has 0 bridgehead atoms. The molecule has 0 radical (unpaired) electrons. The molecule has 150 valence electrons. The first-order valence-electron chi connectivity index (χ1n) is 9.02. The summed E-state index contributed by atoms with van der Waals surface area (Å²) in [4.78, 5) is 26.5. The highest BCUT2D eigenvalue weighted by atomic mass is 35.5. The van der Waals surface area contributed by atoms with E-state index in [1.165, 1.54) is 0 Å². The summed E-state index contributed by atoms with van der Waals surface area (Å²) in [5.41, 5.74) is 2.05. The van der Waals surface area contributed by atoms with Crippen LogP contribution in [-0.4, -0.2) is 23.8 Å². The van der Waals surface area contributed by atoms with Crippen LogP contribution in [-0.2, 0) is 24.3 Å². The summed E-state index contributed by atoms with van der Waals surface area (Å²) in [6, 6.07) is 15.9. The second-order valence-electron chi connectivity index (χ2n) is 6.48. The van der Waals surface area contributed by atoms with Crippen LogP contribution in [0.2, 0.25) is 10.0 Å². The first-order valence-corrected chi connectivity index (χ1v) is 9.77. The molecular weight excluding hydrogens is 411 g/mol. The molecule has 0 spiro atoms. The molecular formula is C22H20Cl2N2O3. The molecule has 0 aliphatic carbocycles. The number of nitrogens with zero attached hydrogens (tertiary/aromatic N) is 1. The summed E-state index contributed by atoms with van der Waals surface area (Å²) in [5.74, 6) is 0.380. The third-order valence-electron chi connectivity index (χ3n) is 4.49. The maximum absolute atomic E-state index is 13.1. The van der Waals surface area contributed by atoms with Gasteiger partial charge in [0.15, 0.2) is 0 Å². The topological polar surface area (TPSA) is 62.6 Å². The van der Waals surface area contributed by atoms with Crippen molar-refractivity contribution in [2.45, 2.75) is 19.5 Å². The Morgan fingerprint density at radius 2 is 1.66 bits per heavy atom. The average Bonchev–Trinajstić information content (AvgIpc) is 3.23. The number of benzene rings is 2. The Bertz CT molecular complexity index is 966. The molecule has 1 heterocycles. The fourth-order valence-corrected chi connectivity index (χ4v) is 3.44. The lowest BCUT2D eigenvalue weighted by atomic mass is 10.1. The Morgan fingerprint density at radius 3 is 2.24 bits per heavy atom. The van der Waals surface area contributed by atoms with E-state index in [1.54, 1.807) is 54.6 Å². The number of hydrogen-bond donors (Lipinski definition) is 1. The second kappa shape index (κ2) is 9.63. The molecule has 7 heteroatoms. The fraction of sp³-hybridized carbons (Fsp3) is 0.182. The van der Waals surface area contributed by atoms with Crippen LogP contribution in [0.4, 0.5) is 0 Å². The Labute approximate surface area is 179 Å². The predicted molar refractivity (Wildman–Crippen MR) is 113 cm³/mol. The van der Waals surface area contributed by atoms with E-state index >= 15 is 0 Å². The lowest BCUT2D eigenvalue weighted by Crippen LogP contribution is -2.31. The zero-order valence-electron chi connectivity index (χ0n) is 15.8.